The highest BCUT2D eigenvalue weighted by molar-refractivity contribution is 6.12. The smallest absolute Gasteiger partial charge is 0.143 e. The second-order valence-electron chi connectivity index (χ2n) is 10.7. The minimum absolute atomic E-state index is 0.324. The van der Waals surface area contributed by atoms with Crippen molar-refractivity contribution in [3.63, 3.8) is 0 Å². The van der Waals surface area contributed by atoms with Gasteiger partial charge in [0.2, 0.25) is 0 Å². The Hall–Kier alpha value is -4.30. The van der Waals surface area contributed by atoms with Gasteiger partial charge >= 0.3 is 0 Å². The van der Waals surface area contributed by atoms with Crippen molar-refractivity contribution in [3.8, 4) is 11.1 Å². The highest BCUT2D eigenvalue weighted by Gasteiger charge is 2.21. The largest absolute Gasteiger partial charge is 0.455 e. The molecule has 38 heavy (non-hydrogen) atoms. The molecule has 0 bridgehead atoms. The van der Waals surface area contributed by atoms with Crippen LogP contribution in [0.1, 0.15) is 31.7 Å². The minimum Gasteiger partial charge on any atom is -0.455 e. The Bertz CT molecular complexity index is 1940. The van der Waals surface area contributed by atoms with Crippen molar-refractivity contribution in [2.75, 3.05) is 0 Å². The van der Waals surface area contributed by atoms with Gasteiger partial charge in [-0.1, -0.05) is 91.0 Å². The number of aromatic nitrogens is 1. The van der Waals surface area contributed by atoms with Crippen molar-refractivity contribution >= 4 is 43.7 Å². The van der Waals surface area contributed by atoms with Crippen molar-refractivity contribution < 1.29 is 4.42 Å². The van der Waals surface area contributed by atoms with Crippen LogP contribution in [0.5, 0.6) is 0 Å². The number of hydrogen-bond donors (Lipinski definition) is 0. The van der Waals surface area contributed by atoms with E-state index in [0.29, 0.717) is 12.0 Å². The average Bonchev–Trinajstić information content (AvgIpc) is 3.53. The zero-order valence-electron chi connectivity index (χ0n) is 21.3. The molecule has 0 fully saturated rings. The molecule has 184 valence electrons. The lowest BCUT2D eigenvalue weighted by Gasteiger charge is -2.25. The van der Waals surface area contributed by atoms with E-state index in [1.165, 1.54) is 63.0 Å². The lowest BCUT2D eigenvalue weighted by Crippen LogP contribution is -2.12. The van der Waals surface area contributed by atoms with Crippen LogP contribution in [-0.4, -0.2) is 4.57 Å². The summed E-state index contributed by atoms with van der Waals surface area (Å²) < 4.78 is 8.92. The molecule has 2 unspecified atom stereocenters. The van der Waals surface area contributed by atoms with Gasteiger partial charge in [-0.25, -0.2) is 0 Å². The van der Waals surface area contributed by atoms with Gasteiger partial charge in [0.25, 0.3) is 0 Å². The first-order valence-electron chi connectivity index (χ1n) is 13.8. The second kappa shape index (κ2) is 8.63. The molecule has 6 aromatic rings. The third kappa shape index (κ3) is 3.33. The standard InChI is InChI=1S/C36H29NO/c1-2-9-24(10-3-1)25-17-20-27(21-18-25)37-33-15-6-4-11-29(33)32-23-26(19-22-34(32)37)28-13-8-14-31-30-12-5-7-16-35(30)38-36(28)31/h1-2,4-8,11-20,22-24,27H,3,9-10,21H2. The molecular weight excluding hydrogens is 462 g/mol. The van der Waals surface area contributed by atoms with E-state index in [1.807, 2.05) is 6.07 Å². The number of nitrogens with zero attached hydrogens (tertiary/aromatic N) is 1. The van der Waals surface area contributed by atoms with Crippen LogP contribution in [0.3, 0.4) is 0 Å². The minimum atomic E-state index is 0.324. The van der Waals surface area contributed by atoms with Gasteiger partial charge in [0.1, 0.15) is 11.2 Å². The maximum absolute atomic E-state index is 6.37. The summed E-state index contributed by atoms with van der Waals surface area (Å²) in [6.45, 7) is 0. The first-order chi connectivity index (χ1) is 18.8. The zero-order chi connectivity index (χ0) is 25.1. The van der Waals surface area contributed by atoms with E-state index >= 15 is 0 Å². The molecule has 4 aromatic carbocycles. The lowest BCUT2D eigenvalue weighted by atomic mass is 9.84. The molecule has 2 aromatic heterocycles. The number of furan rings is 1. The monoisotopic (exact) mass is 491 g/mol. The second-order valence-corrected chi connectivity index (χ2v) is 10.7. The molecule has 2 nitrogen and oxygen atoms in total. The Morgan fingerprint density at radius 2 is 1.55 bits per heavy atom. The Labute approximate surface area is 222 Å². The van der Waals surface area contributed by atoms with Crippen LogP contribution in [0.4, 0.5) is 0 Å². The van der Waals surface area contributed by atoms with Crippen molar-refractivity contribution in [2.24, 2.45) is 5.92 Å². The summed E-state index contributed by atoms with van der Waals surface area (Å²) in [6.07, 6.45) is 16.7. The summed E-state index contributed by atoms with van der Waals surface area (Å²) in [5, 5.41) is 4.94. The summed E-state index contributed by atoms with van der Waals surface area (Å²) in [5.41, 5.74) is 8.34. The van der Waals surface area contributed by atoms with Gasteiger partial charge in [0, 0.05) is 38.1 Å². The number of allylic oxidation sites excluding steroid dienone is 6. The topological polar surface area (TPSA) is 18.1 Å². The van der Waals surface area contributed by atoms with Crippen LogP contribution in [0.15, 0.2) is 125 Å². The molecule has 2 heteroatoms. The number of fused-ring (bicyclic) bond motifs is 6. The average molecular weight is 492 g/mol. The predicted octanol–water partition coefficient (Wildman–Crippen LogP) is 10.1. The quantitative estimate of drug-likeness (QED) is 0.225. The van der Waals surface area contributed by atoms with Crippen LogP contribution in [0.25, 0.3) is 54.9 Å². The summed E-state index contributed by atoms with van der Waals surface area (Å²) in [6, 6.07) is 30.9. The van der Waals surface area contributed by atoms with Crippen molar-refractivity contribution in [2.45, 2.75) is 31.7 Å². The molecule has 2 atom stereocenters. The summed E-state index contributed by atoms with van der Waals surface area (Å²) in [4.78, 5) is 0. The Morgan fingerprint density at radius 1 is 0.711 bits per heavy atom. The molecule has 2 heterocycles. The normalized spacial score (nSPS) is 19.6. The molecule has 0 aliphatic heterocycles. The highest BCUT2D eigenvalue weighted by Crippen LogP contribution is 2.41. The molecule has 2 aliphatic carbocycles. The Balaban J connectivity index is 1.25. The molecular formula is C36H29NO. The number of para-hydroxylation sites is 3. The molecule has 0 N–H and O–H groups in total. The van der Waals surface area contributed by atoms with Gasteiger partial charge in [0.15, 0.2) is 0 Å². The fraction of sp³-hybridized carbons (Fsp3) is 0.167. The van der Waals surface area contributed by atoms with Gasteiger partial charge in [0.05, 0.1) is 6.04 Å². The van der Waals surface area contributed by atoms with Crippen molar-refractivity contribution in [1.82, 2.24) is 4.57 Å². The van der Waals surface area contributed by atoms with Crippen LogP contribution >= 0.6 is 0 Å². The van der Waals surface area contributed by atoms with E-state index in [-0.39, 0.29) is 0 Å². The van der Waals surface area contributed by atoms with E-state index in [2.05, 4.69) is 114 Å². The molecule has 0 spiro atoms. The third-order valence-electron chi connectivity index (χ3n) is 8.60. The molecule has 0 saturated carbocycles. The zero-order valence-corrected chi connectivity index (χ0v) is 21.3. The maximum Gasteiger partial charge on any atom is 0.143 e. The van der Waals surface area contributed by atoms with Gasteiger partial charge in [-0.3, -0.25) is 0 Å². The molecule has 0 radical (unpaired) electrons. The number of rotatable bonds is 3. The van der Waals surface area contributed by atoms with E-state index in [1.54, 1.807) is 0 Å². The van der Waals surface area contributed by atoms with Crippen LogP contribution < -0.4 is 0 Å². The van der Waals surface area contributed by atoms with Gasteiger partial charge in [-0.05, 0) is 67.0 Å². The Kier molecular flexibility index (Phi) is 4.94. The van der Waals surface area contributed by atoms with Crippen molar-refractivity contribution in [1.29, 1.82) is 0 Å². The number of hydrogen-bond acceptors (Lipinski definition) is 1. The van der Waals surface area contributed by atoms with Crippen LogP contribution in [-0.2, 0) is 0 Å². The number of benzene rings is 4. The SMILES string of the molecule is C1=CCC(C2=CCC(n3c4ccccc4c4cc(-c5cccc6c5oc5ccccc56)ccc43)C=C2)CC1. The van der Waals surface area contributed by atoms with E-state index in [4.69, 9.17) is 4.42 Å². The fourth-order valence-electron chi connectivity index (χ4n) is 6.72. The van der Waals surface area contributed by atoms with E-state index in [9.17, 15) is 0 Å². The van der Waals surface area contributed by atoms with Crippen LogP contribution in [0, 0.1) is 5.92 Å². The summed E-state index contributed by atoms with van der Waals surface area (Å²) >= 11 is 0. The fourth-order valence-corrected chi connectivity index (χ4v) is 6.72. The van der Waals surface area contributed by atoms with Crippen molar-refractivity contribution in [3.05, 3.63) is 121 Å². The summed E-state index contributed by atoms with van der Waals surface area (Å²) in [7, 11) is 0. The maximum atomic E-state index is 6.37. The Morgan fingerprint density at radius 3 is 2.42 bits per heavy atom. The van der Waals surface area contributed by atoms with Gasteiger partial charge in [-0.15, -0.1) is 0 Å². The third-order valence-corrected chi connectivity index (χ3v) is 8.60. The van der Waals surface area contributed by atoms with Gasteiger partial charge < -0.3 is 8.98 Å². The van der Waals surface area contributed by atoms with E-state index in [0.717, 1.165) is 23.2 Å². The highest BCUT2D eigenvalue weighted by atomic mass is 16.3. The summed E-state index contributed by atoms with van der Waals surface area (Å²) in [5.74, 6) is 0.680. The van der Waals surface area contributed by atoms with E-state index < -0.39 is 0 Å². The lowest BCUT2D eigenvalue weighted by molar-refractivity contribution is 0.548. The molecule has 0 saturated heterocycles. The first kappa shape index (κ1) is 21.8. The molecule has 8 rings (SSSR count). The first-order valence-corrected chi connectivity index (χ1v) is 13.8. The molecule has 2 aliphatic rings. The van der Waals surface area contributed by atoms with Crippen LogP contribution in [0.2, 0.25) is 0 Å². The predicted molar refractivity (Wildman–Crippen MR) is 160 cm³/mol. The molecule has 0 amide bonds. The van der Waals surface area contributed by atoms with Gasteiger partial charge in [-0.2, -0.15) is 0 Å².